The van der Waals surface area contributed by atoms with Crippen LogP contribution in [0, 0.1) is 0 Å². The standard InChI is InChI=1S/C21H21N5O2S2/c1-13(11-27)23-18-17-19(24-20(22)30-17)26-21(25-18)29-12-14-6-5-9-16(10-14)28-15-7-3-2-4-8-15/h2-10,13,27H,11-12H2,1H3,(H3,22,23,24,25,26). The molecule has 30 heavy (non-hydrogen) atoms. The first-order valence-corrected chi connectivity index (χ1v) is 11.2. The smallest absolute Gasteiger partial charge is 0.191 e. The maximum absolute atomic E-state index is 9.37. The number of thioether (sulfide) groups is 1. The van der Waals surface area contributed by atoms with Crippen LogP contribution in [0.15, 0.2) is 59.8 Å². The fraction of sp³-hybridized carbons (Fsp3) is 0.190. The van der Waals surface area contributed by atoms with E-state index in [2.05, 4.69) is 20.3 Å². The number of nitrogen functional groups attached to an aromatic ring is 1. The number of ether oxygens (including phenoxy) is 1. The molecule has 4 N–H and O–H groups in total. The van der Waals surface area contributed by atoms with Crippen LogP contribution in [0.3, 0.4) is 0 Å². The highest BCUT2D eigenvalue weighted by Gasteiger charge is 2.14. The van der Waals surface area contributed by atoms with Crippen LogP contribution in [0.1, 0.15) is 12.5 Å². The predicted molar refractivity (Wildman–Crippen MR) is 122 cm³/mol. The SMILES string of the molecule is CC(CO)Nc1nc(SCc2cccc(Oc3ccccc3)c2)nc2nc(N)sc12. The van der Waals surface area contributed by atoms with Crippen molar-refractivity contribution in [2.45, 2.75) is 23.9 Å². The van der Waals surface area contributed by atoms with Crippen LogP contribution in [0.4, 0.5) is 10.9 Å². The number of nitrogens with two attached hydrogens (primary N) is 1. The van der Waals surface area contributed by atoms with E-state index in [1.54, 1.807) is 0 Å². The number of hydrogen-bond donors (Lipinski definition) is 3. The molecule has 0 aliphatic rings. The van der Waals surface area contributed by atoms with Crippen LogP contribution in [-0.4, -0.2) is 32.7 Å². The fourth-order valence-electron chi connectivity index (χ4n) is 2.73. The molecule has 154 valence electrons. The Hall–Kier alpha value is -2.88. The Balaban J connectivity index is 1.51. The number of thiazole rings is 1. The van der Waals surface area contributed by atoms with Gasteiger partial charge in [0, 0.05) is 11.8 Å². The van der Waals surface area contributed by atoms with Gasteiger partial charge in [0.05, 0.1) is 6.61 Å². The molecule has 0 saturated carbocycles. The molecule has 2 heterocycles. The molecule has 0 radical (unpaired) electrons. The Labute approximate surface area is 182 Å². The number of anilines is 2. The van der Waals surface area contributed by atoms with Crippen LogP contribution in [-0.2, 0) is 5.75 Å². The lowest BCUT2D eigenvalue weighted by Crippen LogP contribution is -2.20. The number of aliphatic hydroxyl groups is 1. The van der Waals surface area contributed by atoms with Crippen molar-refractivity contribution in [1.82, 2.24) is 15.0 Å². The number of para-hydroxylation sites is 1. The number of fused-ring (bicyclic) bond motifs is 1. The van der Waals surface area contributed by atoms with E-state index >= 15 is 0 Å². The van der Waals surface area contributed by atoms with Gasteiger partial charge >= 0.3 is 0 Å². The third kappa shape index (κ3) is 4.99. The highest BCUT2D eigenvalue weighted by Crippen LogP contribution is 2.32. The monoisotopic (exact) mass is 439 g/mol. The Kier molecular flexibility index (Phi) is 6.32. The summed E-state index contributed by atoms with van der Waals surface area (Å²) < 4.78 is 6.70. The molecule has 0 spiro atoms. The van der Waals surface area contributed by atoms with Gasteiger partial charge < -0.3 is 20.9 Å². The minimum absolute atomic E-state index is 0.00351. The zero-order valence-electron chi connectivity index (χ0n) is 16.3. The second-order valence-corrected chi connectivity index (χ2v) is 8.61. The van der Waals surface area contributed by atoms with Crippen molar-refractivity contribution in [3.63, 3.8) is 0 Å². The maximum Gasteiger partial charge on any atom is 0.191 e. The average molecular weight is 440 g/mol. The molecule has 2 aromatic heterocycles. The predicted octanol–water partition coefficient (Wildman–Crippen LogP) is 4.55. The molecule has 4 rings (SSSR count). The minimum Gasteiger partial charge on any atom is -0.457 e. The van der Waals surface area contributed by atoms with Crippen molar-refractivity contribution in [1.29, 1.82) is 0 Å². The van der Waals surface area contributed by atoms with Gasteiger partial charge in [-0.2, -0.15) is 0 Å². The number of nitrogens with one attached hydrogen (secondary N) is 1. The molecule has 1 atom stereocenters. The van der Waals surface area contributed by atoms with E-state index in [1.807, 2.05) is 61.5 Å². The zero-order chi connectivity index (χ0) is 20.9. The van der Waals surface area contributed by atoms with E-state index < -0.39 is 0 Å². The van der Waals surface area contributed by atoms with Gasteiger partial charge in [0.1, 0.15) is 16.2 Å². The second kappa shape index (κ2) is 9.29. The summed E-state index contributed by atoms with van der Waals surface area (Å²) in [6.45, 7) is 1.87. The van der Waals surface area contributed by atoms with Gasteiger partial charge in [0.2, 0.25) is 0 Å². The number of aliphatic hydroxyl groups excluding tert-OH is 1. The number of aromatic nitrogens is 3. The summed E-state index contributed by atoms with van der Waals surface area (Å²) in [6.07, 6.45) is 0. The van der Waals surface area contributed by atoms with Crippen molar-refractivity contribution in [3.8, 4) is 11.5 Å². The number of hydrogen-bond acceptors (Lipinski definition) is 9. The van der Waals surface area contributed by atoms with E-state index in [4.69, 9.17) is 10.5 Å². The number of rotatable bonds is 8. The Morgan fingerprint density at radius 1 is 1.10 bits per heavy atom. The van der Waals surface area contributed by atoms with E-state index in [0.29, 0.717) is 27.5 Å². The molecule has 2 aromatic carbocycles. The van der Waals surface area contributed by atoms with E-state index in [9.17, 15) is 5.11 Å². The molecule has 0 bridgehead atoms. The van der Waals surface area contributed by atoms with Crippen molar-refractivity contribution >= 4 is 44.4 Å². The van der Waals surface area contributed by atoms with Crippen LogP contribution < -0.4 is 15.8 Å². The van der Waals surface area contributed by atoms with Crippen LogP contribution in [0.5, 0.6) is 11.5 Å². The summed E-state index contributed by atoms with van der Waals surface area (Å²) in [4.78, 5) is 13.4. The van der Waals surface area contributed by atoms with Gasteiger partial charge in [-0.25, -0.2) is 15.0 Å². The van der Waals surface area contributed by atoms with Crippen LogP contribution in [0.25, 0.3) is 10.3 Å². The first-order valence-electron chi connectivity index (χ1n) is 9.37. The molecule has 0 aliphatic carbocycles. The Morgan fingerprint density at radius 3 is 2.70 bits per heavy atom. The van der Waals surface area contributed by atoms with Crippen molar-refractivity contribution in [3.05, 3.63) is 60.2 Å². The molecule has 4 aromatic rings. The summed E-state index contributed by atoms with van der Waals surface area (Å²) in [7, 11) is 0. The van der Waals surface area contributed by atoms with Gasteiger partial charge in [-0.05, 0) is 36.8 Å². The third-order valence-electron chi connectivity index (χ3n) is 4.15. The molecule has 0 fully saturated rings. The van der Waals surface area contributed by atoms with E-state index in [0.717, 1.165) is 21.8 Å². The largest absolute Gasteiger partial charge is 0.457 e. The van der Waals surface area contributed by atoms with Crippen molar-refractivity contribution in [2.75, 3.05) is 17.7 Å². The molecule has 0 saturated heterocycles. The van der Waals surface area contributed by atoms with Gasteiger partial charge in [-0.15, -0.1) is 0 Å². The van der Waals surface area contributed by atoms with Crippen LogP contribution in [0.2, 0.25) is 0 Å². The molecule has 0 aliphatic heterocycles. The zero-order valence-corrected chi connectivity index (χ0v) is 17.9. The summed E-state index contributed by atoms with van der Waals surface area (Å²) in [5.41, 5.74) is 7.51. The van der Waals surface area contributed by atoms with Gasteiger partial charge in [-0.3, -0.25) is 0 Å². The lowest BCUT2D eigenvalue weighted by molar-refractivity contribution is 0.281. The lowest BCUT2D eigenvalue weighted by atomic mass is 10.2. The summed E-state index contributed by atoms with van der Waals surface area (Å²) in [5.74, 6) is 2.89. The Bertz CT molecular complexity index is 1140. The van der Waals surface area contributed by atoms with Gasteiger partial charge in [0.15, 0.2) is 21.8 Å². The number of benzene rings is 2. The first kappa shape index (κ1) is 20.4. The highest BCUT2D eigenvalue weighted by atomic mass is 32.2. The molecule has 1 unspecified atom stereocenters. The van der Waals surface area contributed by atoms with Gasteiger partial charge in [-0.1, -0.05) is 53.4 Å². The fourth-order valence-corrected chi connectivity index (χ4v) is 4.24. The minimum atomic E-state index is -0.143. The summed E-state index contributed by atoms with van der Waals surface area (Å²) in [5, 5.41) is 13.6. The molecular weight excluding hydrogens is 418 g/mol. The highest BCUT2D eigenvalue weighted by molar-refractivity contribution is 7.98. The normalized spacial score (nSPS) is 12.1. The molecular formula is C21H21N5O2S2. The van der Waals surface area contributed by atoms with E-state index in [1.165, 1.54) is 23.1 Å². The Morgan fingerprint density at radius 2 is 1.90 bits per heavy atom. The third-order valence-corrected chi connectivity index (χ3v) is 5.95. The summed E-state index contributed by atoms with van der Waals surface area (Å²) in [6, 6.07) is 17.5. The van der Waals surface area contributed by atoms with Gasteiger partial charge in [0.25, 0.3) is 0 Å². The lowest BCUT2D eigenvalue weighted by Gasteiger charge is -2.12. The topological polar surface area (TPSA) is 106 Å². The molecule has 0 amide bonds. The number of nitrogens with zero attached hydrogens (tertiary/aromatic N) is 3. The molecule has 9 heteroatoms. The van der Waals surface area contributed by atoms with Crippen molar-refractivity contribution in [2.24, 2.45) is 0 Å². The second-order valence-electron chi connectivity index (χ2n) is 6.64. The first-order chi connectivity index (χ1) is 14.6. The quantitative estimate of drug-likeness (QED) is 0.271. The van der Waals surface area contributed by atoms with E-state index in [-0.39, 0.29) is 12.6 Å². The summed E-state index contributed by atoms with van der Waals surface area (Å²) >= 11 is 2.83. The molecule has 7 nitrogen and oxygen atoms in total. The van der Waals surface area contributed by atoms with Crippen LogP contribution >= 0.6 is 23.1 Å². The van der Waals surface area contributed by atoms with Crippen molar-refractivity contribution < 1.29 is 9.84 Å². The maximum atomic E-state index is 9.37. The average Bonchev–Trinajstić information content (AvgIpc) is 3.13.